The normalized spacial score (nSPS) is 10.2. The molecule has 0 saturated carbocycles. The second-order valence-electron chi connectivity index (χ2n) is 3.62. The van der Waals surface area contributed by atoms with Crippen molar-refractivity contribution in [2.75, 3.05) is 6.54 Å². The van der Waals surface area contributed by atoms with Crippen LogP contribution in [-0.4, -0.2) is 6.54 Å². The van der Waals surface area contributed by atoms with Crippen molar-refractivity contribution in [2.24, 2.45) is 5.73 Å². The van der Waals surface area contributed by atoms with E-state index in [0.717, 1.165) is 6.54 Å². The van der Waals surface area contributed by atoms with Crippen LogP contribution in [0.1, 0.15) is 51.9 Å². The molecule has 0 spiro atoms. The molecule has 1 heteroatoms. The lowest BCUT2D eigenvalue weighted by atomic mass is 10.1. The van der Waals surface area contributed by atoms with Crippen molar-refractivity contribution in [3.8, 4) is 0 Å². The minimum Gasteiger partial charge on any atom is -0.330 e. The number of hydrogen-bond acceptors (Lipinski definition) is 1. The average Bonchev–Trinajstić information content (AvgIpc) is 2.02. The molecule has 2 N–H and O–H groups in total. The van der Waals surface area contributed by atoms with Crippen molar-refractivity contribution in [2.45, 2.75) is 51.9 Å². The molecule has 0 aliphatic rings. The Bertz CT molecular complexity index is 108. The highest BCUT2D eigenvalue weighted by Gasteiger charge is 1.90. The zero-order valence-electron chi connectivity index (χ0n) is 8.44. The third kappa shape index (κ3) is 9.70. The average molecular weight is 169 g/mol. The summed E-state index contributed by atoms with van der Waals surface area (Å²) in [5, 5.41) is 0. The molecular weight excluding hydrogens is 146 g/mol. The smallest absolute Gasteiger partial charge is 0.00773 e. The van der Waals surface area contributed by atoms with Crippen molar-refractivity contribution >= 4 is 0 Å². The molecule has 0 unspecified atom stereocenters. The van der Waals surface area contributed by atoms with Crippen LogP contribution in [-0.2, 0) is 0 Å². The summed E-state index contributed by atoms with van der Waals surface area (Å²) in [6.07, 6.45) is 9.11. The molecule has 0 bridgehead atoms. The monoisotopic (exact) mass is 169 g/mol. The maximum absolute atomic E-state index is 5.40. The summed E-state index contributed by atoms with van der Waals surface area (Å²) in [5.41, 5.74) is 6.71. The van der Waals surface area contributed by atoms with Crippen LogP contribution in [0.4, 0.5) is 0 Å². The Morgan fingerprint density at radius 1 is 1.00 bits per heavy atom. The fourth-order valence-electron chi connectivity index (χ4n) is 1.28. The molecule has 0 fully saturated rings. The second kappa shape index (κ2) is 8.79. The minimum absolute atomic E-state index is 0.853. The molecule has 0 atom stereocenters. The number of rotatable bonds is 8. The van der Waals surface area contributed by atoms with Crippen molar-refractivity contribution in [1.29, 1.82) is 0 Å². The van der Waals surface area contributed by atoms with Gasteiger partial charge in [0.15, 0.2) is 0 Å². The molecule has 0 aliphatic carbocycles. The lowest BCUT2D eigenvalue weighted by molar-refractivity contribution is 0.597. The quantitative estimate of drug-likeness (QED) is 0.438. The van der Waals surface area contributed by atoms with Gasteiger partial charge < -0.3 is 5.73 Å². The Balaban J connectivity index is 2.86. The molecule has 1 nitrogen and oxygen atoms in total. The van der Waals surface area contributed by atoms with E-state index in [1.54, 1.807) is 0 Å². The molecular formula is C11H23N. The fraction of sp³-hybridized carbons (Fsp3) is 0.818. The first kappa shape index (κ1) is 11.7. The van der Waals surface area contributed by atoms with E-state index in [2.05, 4.69) is 13.5 Å². The van der Waals surface area contributed by atoms with Crippen molar-refractivity contribution in [3.05, 3.63) is 12.2 Å². The molecule has 12 heavy (non-hydrogen) atoms. The van der Waals surface area contributed by atoms with Gasteiger partial charge in [0.25, 0.3) is 0 Å². The molecule has 0 rings (SSSR count). The number of nitrogens with two attached hydrogens (primary N) is 1. The maximum atomic E-state index is 5.40. The van der Waals surface area contributed by atoms with Crippen LogP contribution in [0.2, 0.25) is 0 Å². The number of unbranched alkanes of at least 4 members (excludes halogenated alkanes) is 5. The highest BCUT2D eigenvalue weighted by molar-refractivity contribution is 4.86. The van der Waals surface area contributed by atoms with Crippen molar-refractivity contribution in [3.63, 3.8) is 0 Å². The molecule has 72 valence electrons. The predicted molar refractivity (Wildman–Crippen MR) is 56.2 cm³/mol. The van der Waals surface area contributed by atoms with Crippen LogP contribution in [0.3, 0.4) is 0 Å². The van der Waals surface area contributed by atoms with Gasteiger partial charge in [0.05, 0.1) is 0 Å². The Morgan fingerprint density at radius 3 is 2.00 bits per heavy atom. The van der Waals surface area contributed by atoms with E-state index in [1.807, 2.05) is 0 Å². The summed E-state index contributed by atoms with van der Waals surface area (Å²) in [6, 6.07) is 0. The Hall–Kier alpha value is -0.300. The molecule has 0 heterocycles. The van der Waals surface area contributed by atoms with Crippen LogP contribution in [0.25, 0.3) is 0 Å². The van der Waals surface area contributed by atoms with Gasteiger partial charge >= 0.3 is 0 Å². The first-order valence-electron chi connectivity index (χ1n) is 5.12. The zero-order valence-corrected chi connectivity index (χ0v) is 8.44. The number of allylic oxidation sites excluding steroid dienone is 1. The van der Waals surface area contributed by atoms with Gasteiger partial charge in [-0.1, -0.05) is 31.3 Å². The first-order valence-corrected chi connectivity index (χ1v) is 5.12. The standard InChI is InChI=1S/C11H23N/c1-11(2)9-7-5-3-4-6-8-10-12/h1,3-10,12H2,2H3. The van der Waals surface area contributed by atoms with Gasteiger partial charge in [0.2, 0.25) is 0 Å². The van der Waals surface area contributed by atoms with Gasteiger partial charge in [0, 0.05) is 0 Å². The van der Waals surface area contributed by atoms with E-state index in [-0.39, 0.29) is 0 Å². The van der Waals surface area contributed by atoms with Gasteiger partial charge in [-0.3, -0.25) is 0 Å². The molecule has 0 aromatic carbocycles. The maximum Gasteiger partial charge on any atom is -0.00773 e. The van der Waals surface area contributed by atoms with Crippen molar-refractivity contribution in [1.82, 2.24) is 0 Å². The van der Waals surface area contributed by atoms with Crippen LogP contribution < -0.4 is 5.73 Å². The summed E-state index contributed by atoms with van der Waals surface area (Å²) in [6.45, 7) is 6.84. The zero-order chi connectivity index (χ0) is 9.23. The lowest BCUT2D eigenvalue weighted by Crippen LogP contribution is -1.97. The molecule has 0 aromatic rings. The molecule has 0 radical (unpaired) electrons. The summed E-state index contributed by atoms with van der Waals surface area (Å²) >= 11 is 0. The van der Waals surface area contributed by atoms with E-state index in [0.29, 0.717) is 0 Å². The van der Waals surface area contributed by atoms with Crippen LogP contribution in [0, 0.1) is 0 Å². The predicted octanol–water partition coefficient (Wildman–Crippen LogP) is 3.25. The summed E-state index contributed by atoms with van der Waals surface area (Å²) in [7, 11) is 0. The number of hydrogen-bond donors (Lipinski definition) is 1. The highest BCUT2D eigenvalue weighted by atomic mass is 14.5. The SMILES string of the molecule is C=C(C)CCCCCCCCN. The van der Waals surface area contributed by atoms with E-state index < -0.39 is 0 Å². The largest absolute Gasteiger partial charge is 0.330 e. The van der Waals surface area contributed by atoms with Crippen LogP contribution in [0.15, 0.2) is 12.2 Å². The molecule has 0 amide bonds. The van der Waals surface area contributed by atoms with Gasteiger partial charge in [-0.2, -0.15) is 0 Å². The molecule has 0 aliphatic heterocycles. The lowest BCUT2D eigenvalue weighted by Gasteiger charge is -2.00. The Morgan fingerprint density at radius 2 is 1.50 bits per heavy atom. The third-order valence-corrected chi connectivity index (χ3v) is 2.06. The van der Waals surface area contributed by atoms with E-state index in [1.165, 1.54) is 50.5 Å². The van der Waals surface area contributed by atoms with Gasteiger partial charge in [-0.05, 0) is 32.7 Å². The van der Waals surface area contributed by atoms with E-state index >= 15 is 0 Å². The van der Waals surface area contributed by atoms with E-state index in [4.69, 9.17) is 5.73 Å². The first-order chi connectivity index (χ1) is 5.77. The summed E-state index contributed by atoms with van der Waals surface area (Å²) < 4.78 is 0. The fourth-order valence-corrected chi connectivity index (χ4v) is 1.28. The second-order valence-corrected chi connectivity index (χ2v) is 3.62. The third-order valence-electron chi connectivity index (χ3n) is 2.06. The Kier molecular flexibility index (Phi) is 8.57. The summed E-state index contributed by atoms with van der Waals surface area (Å²) in [4.78, 5) is 0. The van der Waals surface area contributed by atoms with E-state index in [9.17, 15) is 0 Å². The van der Waals surface area contributed by atoms with Gasteiger partial charge in [-0.15, -0.1) is 6.58 Å². The van der Waals surface area contributed by atoms with Crippen LogP contribution >= 0.6 is 0 Å². The summed E-state index contributed by atoms with van der Waals surface area (Å²) in [5.74, 6) is 0. The van der Waals surface area contributed by atoms with Crippen molar-refractivity contribution < 1.29 is 0 Å². The minimum atomic E-state index is 0.853. The topological polar surface area (TPSA) is 26.0 Å². The van der Waals surface area contributed by atoms with Crippen LogP contribution in [0.5, 0.6) is 0 Å². The molecule has 0 saturated heterocycles. The molecule has 0 aromatic heterocycles. The highest BCUT2D eigenvalue weighted by Crippen LogP contribution is 2.09. The van der Waals surface area contributed by atoms with Gasteiger partial charge in [0.1, 0.15) is 0 Å². The Labute approximate surface area is 77.0 Å². The van der Waals surface area contributed by atoms with Gasteiger partial charge in [-0.25, -0.2) is 0 Å².